The monoisotopic (exact) mass is 417 g/mol. The molecule has 0 aliphatic carbocycles. The molecule has 8 heteroatoms. The van der Waals surface area contributed by atoms with Crippen LogP contribution in [0.2, 0.25) is 0 Å². The minimum atomic E-state index is -0.335. The number of nitrogens with one attached hydrogen (secondary N) is 1. The Kier molecular flexibility index (Phi) is 5.63. The summed E-state index contributed by atoms with van der Waals surface area (Å²) in [5, 5.41) is 14.0. The van der Waals surface area contributed by atoms with Gasteiger partial charge in [0, 0.05) is 5.56 Å². The fraction of sp³-hybridized carbons (Fsp3) is 0.0909. The summed E-state index contributed by atoms with van der Waals surface area (Å²) in [5.74, 6) is 0.835. The number of halogens is 1. The van der Waals surface area contributed by atoms with Crippen LogP contribution in [0.4, 0.5) is 10.2 Å². The van der Waals surface area contributed by atoms with Gasteiger partial charge in [-0.05, 0) is 36.8 Å². The van der Waals surface area contributed by atoms with E-state index in [-0.39, 0.29) is 5.82 Å². The number of hydrogen-bond acceptors (Lipinski definition) is 7. The van der Waals surface area contributed by atoms with Gasteiger partial charge in [-0.25, -0.2) is 14.4 Å². The smallest absolute Gasteiger partial charge is 0.167 e. The van der Waals surface area contributed by atoms with Crippen LogP contribution in [0, 0.1) is 17.1 Å². The number of rotatable bonds is 6. The third-order valence-corrected chi connectivity index (χ3v) is 5.47. The SMILES string of the molecule is CCOc1ccccc1-c1sc2c(NN=Cc3cccc(F)c3)ncnc2c1C#N. The first-order valence-electron chi connectivity index (χ1n) is 9.15. The first-order chi connectivity index (χ1) is 14.7. The van der Waals surface area contributed by atoms with Crippen LogP contribution in [0.3, 0.4) is 0 Å². The Morgan fingerprint density at radius 1 is 1.23 bits per heavy atom. The number of fused-ring (bicyclic) bond motifs is 1. The first-order valence-corrected chi connectivity index (χ1v) is 9.97. The quantitative estimate of drug-likeness (QED) is 0.344. The number of hydrazone groups is 1. The minimum absolute atomic E-state index is 0.335. The molecule has 0 saturated heterocycles. The molecule has 2 aromatic heterocycles. The summed E-state index contributed by atoms with van der Waals surface area (Å²) in [7, 11) is 0. The van der Waals surface area contributed by atoms with Crippen LogP contribution >= 0.6 is 11.3 Å². The second-order valence-corrected chi connectivity index (χ2v) is 7.19. The molecule has 0 amide bonds. The number of nitriles is 1. The normalized spacial score (nSPS) is 11.0. The standard InChI is InChI=1S/C22H16FN5OS/c1-2-29-18-9-4-3-8-16(18)20-17(11-24)19-21(30-20)22(26-13-25-19)28-27-12-14-6-5-7-15(23)10-14/h3-10,12-13H,2H2,1H3,(H,25,26,28). The van der Waals surface area contributed by atoms with Crippen LogP contribution in [-0.4, -0.2) is 22.8 Å². The molecule has 4 rings (SSSR count). The molecule has 2 heterocycles. The van der Waals surface area contributed by atoms with Crippen LogP contribution in [0.25, 0.3) is 20.7 Å². The third kappa shape index (κ3) is 3.83. The molecule has 6 nitrogen and oxygen atoms in total. The number of ether oxygens (including phenoxy) is 1. The second-order valence-electron chi connectivity index (χ2n) is 6.17. The van der Waals surface area contributed by atoms with Gasteiger partial charge in [0.25, 0.3) is 0 Å². The maximum Gasteiger partial charge on any atom is 0.167 e. The van der Waals surface area contributed by atoms with E-state index in [2.05, 4.69) is 26.6 Å². The van der Waals surface area contributed by atoms with Gasteiger partial charge in [-0.3, -0.25) is 5.43 Å². The minimum Gasteiger partial charge on any atom is -0.493 e. The first kappa shape index (κ1) is 19.5. The lowest BCUT2D eigenvalue weighted by molar-refractivity contribution is 0.341. The van der Waals surface area contributed by atoms with E-state index in [1.807, 2.05) is 31.2 Å². The van der Waals surface area contributed by atoms with Gasteiger partial charge < -0.3 is 4.74 Å². The highest BCUT2D eigenvalue weighted by Gasteiger charge is 2.20. The number of nitrogens with zero attached hydrogens (tertiary/aromatic N) is 4. The second kappa shape index (κ2) is 8.68. The van der Waals surface area contributed by atoms with Crippen LogP contribution in [0.1, 0.15) is 18.1 Å². The maximum absolute atomic E-state index is 13.3. The average Bonchev–Trinajstić information content (AvgIpc) is 3.14. The zero-order valence-electron chi connectivity index (χ0n) is 16.0. The van der Waals surface area contributed by atoms with Gasteiger partial charge in [0.2, 0.25) is 0 Å². The van der Waals surface area contributed by atoms with Crippen molar-refractivity contribution in [1.29, 1.82) is 5.26 Å². The van der Waals surface area contributed by atoms with E-state index in [1.165, 1.54) is 36.0 Å². The molecule has 0 aliphatic heterocycles. The Balaban J connectivity index is 1.75. The highest BCUT2D eigenvalue weighted by atomic mass is 32.1. The molecule has 0 unspecified atom stereocenters. The van der Waals surface area contributed by atoms with Crippen LogP contribution in [0.15, 0.2) is 60.0 Å². The highest BCUT2D eigenvalue weighted by Crippen LogP contribution is 2.43. The van der Waals surface area contributed by atoms with Crippen LogP contribution < -0.4 is 10.2 Å². The molecule has 1 N–H and O–H groups in total. The number of aromatic nitrogens is 2. The molecule has 0 atom stereocenters. The van der Waals surface area contributed by atoms with Gasteiger partial charge in [-0.15, -0.1) is 11.3 Å². The van der Waals surface area contributed by atoms with Gasteiger partial charge in [0.15, 0.2) is 5.82 Å². The maximum atomic E-state index is 13.3. The van der Waals surface area contributed by atoms with Crippen LogP contribution in [-0.2, 0) is 0 Å². The zero-order chi connectivity index (χ0) is 20.9. The number of benzene rings is 2. The number of anilines is 1. The predicted molar refractivity (Wildman–Crippen MR) is 116 cm³/mol. The summed E-state index contributed by atoms with van der Waals surface area (Å²) < 4.78 is 19.8. The molecule has 0 bridgehead atoms. The van der Waals surface area contributed by atoms with Gasteiger partial charge in [0.1, 0.15) is 29.5 Å². The Labute approximate surface area is 176 Å². The summed E-state index contributed by atoms with van der Waals surface area (Å²) in [6.45, 7) is 2.43. The molecular formula is C22H16FN5OS. The van der Waals surface area contributed by atoms with Gasteiger partial charge >= 0.3 is 0 Å². The van der Waals surface area contributed by atoms with Gasteiger partial charge in [-0.1, -0.05) is 24.3 Å². The van der Waals surface area contributed by atoms with E-state index < -0.39 is 0 Å². The van der Waals surface area contributed by atoms with Crippen molar-refractivity contribution in [3.63, 3.8) is 0 Å². The van der Waals surface area contributed by atoms with Gasteiger partial charge in [-0.2, -0.15) is 10.4 Å². The zero-order valence-corrected chi connectivity index (χ0v) is 16.8. The molecule has 4 aromatic rings. The lowest BCUT2D eigenvalue weighted by Gasteiger charge is -2.08. The third-order valence-electron chi connectivity index (χ3n) is 4.25. The number of thiophene rings is 1. The number of hydrogen-bond donors (Lipinski definition) is 1. The summed E-state index contributed by atoms with van der Waals surface area (Å²) in [5.41, 5.74) is 5.32. The molecule has 0 spiro atoms. The van der Waals surface area contributed by atoms with E-state index in [4.69, 9.17) is 4.74 Å². The van der Waals surface area contributed by atoms with Crippen molar-refractivity contribution in [2.24, 2.45) is 5.10 Å². The van der Waals surface area contributed by atoms with E-state index in [0.29, 0.717) is 39.5 Å². The molecule has 2 aromatic carbocycles. The summed E-state index contributed by atoms with van der Waals surface area (Å²) in [4.78, 5) is 9.32. The fourth-order valence-electron chi connectivity index (χ4n) is 2.97. The molecule has 0 saturated carbocycles. The van der Waals surface area contributed by atoms with Crippen LogP contribution in [0.5, 0.6) is 5.75 Å². The topological polar surface area (TPSA) is 83.2 Å². The Morgan fingerprint density at radius 2 is 2.10 bits per heavy atom. The van der Waals surface area contributed by atoms with E-state index in [0.717, 1.165) is 10.4 Å². The van der Waals surface area contributed by atoms with Crippen molar-refractivity contribution in [2.75, 3.05) is 12.0 Å². The van der Waals surface area contributed by atoms with Crippen molar-refractivity contribution in [2.45, 2.75) is 6.92 Å². The highest BCUT2D eigenvalue weighted by molar-refractivity contribution is 7.23. The van der Waals surface area contributed by atoms with Crippen molar-refractivity contribution >= 4 is 33.6 Å². The predicted octanol–water partition coefficient (Wildman–Crippen LogP) is 5.21. The molecule has 148 valence electrons. The molecular weight excluding hydrogens is 401 g/mol. The number of para-hydroxylation sites is 1. The lowest BCUT2D eigenvalue weighted by Crippen LogP contribution is -1.95. The van der Waals surface area contributed by atoms with Gasteiger partial charge in [0.05, 0.1) is 28.0 Å². The fourth-order valence-corrected chi connectivity index (χ4v) is 4.15. The van der Waals surface area contributed by atoms with E-state index in [1.54, 1.807) is 12.1 Å². The average molecular weight is 417 g/mol. The van der Waals surface area contributed by atoms with Crippen molar-refractivity contribution < 1.29 is 9.13 Å². The summed E-state index contributed by atoms with van der Waals surface area (Å²) in [6.07, 6.45) is 2.88. The molecule has 0 aliphatic rings. The Bertz CT molecular complexity index is 1280. The van der Waals surface area contributed by atoms with Crippen molar-refractivity contribution in [3.8, 4) is 22.3 Å². The summed E-state index contributed by atoms with van der Waals surface area (Å²) in [6, 6.07) is 15.9. The molecule has 30 heavy (non-hydrogen) atoms. The molecule has 0 radical (unpaired) electrons. The van der Waals surface area contributed by atoms with Crippen molar-refractivity contribution in [1.82, 2.24) is 9.97 Å². The Morgan fingerprint density at radius 3 is 2.90 bits per heavy atom. The van der Waals surface area contributed by atoms with Crippen molar-refractivity contribution in [3.05, 3.63) is 71.8 Å². The lowest BCUT2D eigenvalue weighted by atomic mass is 10.1. The molecule has 0 fully saturated rings. The van der Waals surface area contributed by atoms with E-state index in [9.17, 15) is 9.65 Å². The largest absolute Gasteiger partial charge is 0.493 e. The Hall–Kier alpha value is -3.83. The summed E-state index contributed by atoms with van der Waals surface area (Å²) >= 11 is 1.39. The van der Waals surface area contributed by atoms with E-state index >= 15 is 0 Å².